The Morgan fingerprint density at radius 1 is 1.14 bits per heavy atom. The summed E-state index contributed by atoms with van der Waals surface area (Å²) in [5.41, 5.74) is 1.77. The predicted molar refractivity (Wildman–Crippen MR) is 118 cm³/mol. The van der Waals surface area contributed by atoms with E-state index >= 15 is 0 Å². The SMILES string of the molecule is CS(=O)(=O)N(CCCC(=O)NCCSCc1cccc(Cl)c1)c1ccccc1. The third-order valence-electron chi connectivity index (χ3n) is 3.94. The molecule has 0 aliphatic carbocycles. The first-order valence-corrected chi connectivity index (χ1v) is 12.4. The van der Waals surface area contributed by atoms with Crippen molar-refractivity contribution in [2.45, 2.75) is 18.6 Å². The topological polar surface area (TPSA) is 66.5 Å². The fraction of sp³-hybridized carbons (Fsp3) is 0.350. The Bertz CT molecular complexity index is 861. The zero-order valence-corrected chi connectivity index (χ0v) is 18.2. The van der Waals surface area contributed by atoms with Gasteiger partial charge in [0.1, 0.15) is 0 Å². The molecule has 0 aromatic heterocycles. The summed E-state index contributed by atoms with van der Waals surface area (Å²) in [6.45, 7) is 0.859. The summed E-state index contributed by atoms with van der Waals surface area (Å²) in [5, 5.41) is 3.61. The second-order valence-electron chi connectivity index (χ2n) is 6.31. The maximum Gasteiger partial charge on any atom is 0.232 e. The van der Waals surface area contributed by atoms with E-state index in [1.165, 1.54) is 10.6 Å². The van der Waals surface area contributed by atoms with Gasteiger partial charge in [-0.1, -0.05) is 41.9 Å². The second kappa shape index (κ2) is 11.3. The van der Waals surface area contributed by atoms with E-state index in [0.717, 1.165) is 22.1 Å². The Kier molecular flexibility index (Phi) is 9.15. The lowest BCUT2D eigenvalue weighted by Gasteiger charge is -2.22. The average molecular weight is 441 g/mol. The highest BCUT2D eigenvalue weighted by Gasteiger charge is 2.17. The van der Waals surface area contributed by atoms with E-state index in [2.05, 4.69) is 5.32 Å². The van der Waals surface area contributed by atoms with Crippen LogP contribution in [0.5, 0.6) is 0 Å². The first kappa shape index (κ1) is 22.6. The standard InChI is InChI=1S/C20H25ClN2O3S2/c1-28(25,26)23(19-9-3-2-4-10-19)13-6-11-20(24)22-12-14-27-16-17-7-5-8-18(21)15-17/h2-5,7-10,15H,6,11-14,16H2,1H3,(H,22,24). The fourth-order valence-corrected chi connectivity index (χ4v) is 4.62. The molecule has 8 heteroatoms. The largest absolute Gasteiger partial charge is 0.355 e. The number of carbonyl (C=O) groups is 1. The van der Waals surface area contributed by atoms with Crippen LogP contribution in [0.4, 0.5) is 5.69 Å². The van der Waals surface area contributed by atoms with Gasteiger partial charge in [-0.15, -0.1) is 0 Å². The van der Waals surface area contributed by atoms with Crippen LogP contribution < -0.4 is 9.62 Å². The van der Waals surface area contributed by atoms with Gasteiger partial charge in [0, 0.05) is 36.0 Å². The van der Waals surface area contributed by atoms with Crippen LogP contribution in [0.1, 0.15) is 18.4 Å². The van der Waals surface area contributed by atoms with Crippen LogP contribution in [0.25, 0.3) is 0 Å². The molecule has 2 aromatic rings. The number of sulfonamides is 1. The Labute approximate surface area is 176 Å². The Morgan fingerprint density at radius 3 is 2.57 bits per heavy atom. The third-order valence-corrected chi connectivity index (χ3v) is 6.40. The van der Waals surface area contributed by atoms with Crippen LogP contribution in [0.3, 0.4) is 0 Å². The molecule has 0 saturated carbocycles. The van der Waals surface area contributed by atoms with Gasteiger partial charge in [0.15, 0.2) is 0 Å². The zero-order chi connectivity index (χ0) is 20.4. The van der Waals surface area contributed by atoms with E-state index in [0.29, 0.717) is 18.7 Å². The number of carbonyl (C=O) groups excluding carboxylic acids is 1. The highest BCUT2D eigenvalue weighted by molar-refractivity contribution is 7.98. The molecule has 5 nitrogen and oxygen atoms in total. The van der Waals surface area contributed by atoms with E-state index in [1.807, 2.05) is 30.3 Å². The normalized spacial score (nSPS) is 11.2. The molecule has 0 aliphatic heterocycles. The minimum Gasteiger partial charge on any atom is -0.355 e. The lowest BCUT2D eigenvalue weighted by atomic mass is 10.2. The van der Waals surface area contributed by atoms with E-state index in [4.69, 9.17) is 11.6 Å². The second-order valence-corrected chi connectivity index (χ2v) is 9.76. The van der Waals surface area contributed by atoms with Gasteiger partial charge in [0.05, 0.1) is 11.9 Å². The molecule has 0 heterocycles. The van der Waals surface area contributed by atoms with E-state index < -0.39 is 10.0 Å². The molecule has 0 spiro atoms. The van der Waals surface area contributed by atoms with Crippen molar-refractivity contribution in [3.63, 3.8) is 0 Å². The summed E-state index contributed by atoms with van der Waals surface area (Å²) in [6.07, 6.45) is 1.93. The molecule has 0 saturated heterocycles. The number of amides is 1. The minimum atomic E-state index is -3.38. The van der Waals surface area contributed by atoms with Crippen molar-refractivity contribution in [2.75, 3.05) is 29.4 Å². The van der Waals surface area contributed by atoms with Crippen molar-refractivity contribution < 1.29 is 13.2 Å². The van der Waals surface area contributed by atoms with Gasteiger partial charge in [0.2, 0.25) is 15.9 Å². The van der Waals surface area contributed by atoms with Gasteiger partial charge >= 0.3 is 0 Å². The van der Waals surface area contributed by atoms with Crippen molar-refractivity contribution in [3.05, 3.63) is 65.2 Å². The van der Waals surface area contributed by atoms with Crippen LogP contribution in [0.2, 0.25) is 5.02 Å². The maximum atomic E-state index is 12.0. The van der Waals surface area contributed by atoms with Crippen molar-refractivity contribution in [2.24, 2.45) is 0 Å². The summed E-state index contributed by atoms with van der Waals surface area (Å²) in [4.78, 5) is 12.0. The predicted octanol–water partition coefficient (Wildman–Crippen LogP) is 3.94. The van der Waals surface area contributed by atoms with Crippen molar-refractivity contribution in [1.82, 2.24) is 5.32 Å². The molecule has 2 aromatic carbocycles. The molecule has 0 bridgehead atoms. The number of benzene rings is 2. The van der Waals surface area contributed by atoms with Crippen LogP contribution in [-0.4, -0.2) is 39.4 Å². The maximum absolute atomic E-state index is 12.0. The van der Waals surface area contributed by atoms with Crippen LogP contribution in [0.15, 0.2) is 54.6 Å². The molecule has 0 unspecified atom stereocenters. The Balaban J connectivity index is 1.66. The third kappa shape index (κ3) is 8.12. The van der Waals surface area contributed by atoms with Crippen molar-refractivity contribution in [3.8, 4) is 0 Å². The molecule has 2 rings (SSSR count). The van der Waals surface area contributed by atoms with Crippen LogP contribution >= 0.6 is 23.4 Å². The highest BCUT2D eigenvalue weighted by atomic mass is 35.5. The molecule has 152 valence electrons. The smallest absolute Gasteiger partial charge is 0.232 e. The first-order chi connectivity index (χ1) is 13.4. The summed E-state index contributed by atoms with van der Waals surface area (Å²) in [7, 11) is -3.38. The minimum absolute atomic E-state index is 0.0649. The van der Waals surface area contributed by atoms with Crippen molar-refractivity contribution in [1.29, 1.82) is 0 Å². The number of nitrogens with one attached hydrogen (secondary N) is 1. The van der Waals surface area contributed by atoms with Crippen molar-refractivity contribution >= 4 is 45.0 Å². The number of hydrogen-bond donors (Lipinski definition) is 1. The molecular formula is C20H25ClN2O3S2. The van der Waals surface area contributed by atoms with Gasteiger partial charge in [-0.25, -0.2) is 8.42 Å². The summed E-state index contributed by atoms with van der Waals surface area (Å²) in [5.74, 6) is 1.58. The summed E-state index contributed by atoms with van der Waals surface area (Å²) in [6, 6.07) is 16.7. The number of nitrogens with zero attached hydrogens (tertiary/aromatic N) is 1. The Morgan fingerprint density at radius 2 is 1.89 bits per heavy atom. The number of para-hydroxylation sites is 1. The first-order valence-electron chi connectivity index (χ1n) is 8.98. The molecule has 1 N–H and O–H groups in total. The van der Waals surface area contributed by atoms with E-state index in [1.54, 1.807) is 36.0 Å². The molecule has 0 aliphatic rings. The van der Waals surface area contributed by atoms with Gasteiger partial charge in [-0.2, -0.15) is 11.8 Å². The monoisotopic (exact) mass is 440 g/mol. The molecule has 0 radical (unpaired) electrons. The van der Waals surface area contributed by atoms with Gasteiger partial charge in [0.25, 0.3) is 0 Å². The van der Waals surface area contributed by atoms with Crippen LogP contribution in [0, 0.1) is 0 Å². The lowest BCUT2D eigenvalue weighted by molar-refractivity contribution is -0.121. The van der Waals surface area contributed by atoms with E-state index in [9.17, 15) is 13.2 Å². The quantitative estimate of drug-likeness (QED) is 0.537. The van der Waals surface area contributed by atoms with Gasteiger partial charge in [-0.3, -0.25) is 9.10 Å². The molecular weight excluding hydrogens is 416 g/mol. The molecule has 28 heavy (non-hydrogen) atoms. The number of hydrogen-bond acceptors (Lipinski definition) is 4. The highest BCUT2D eigenvalue weighted by Crippen LogP contribution is 2.18. The average Bonchev–Trinajstić information content (AvgIpc) is 2.65. The molecule has 1 amide bonds. The number of anilines is 1. The number of halogens is 1. The number of rotatable bonds is 11. The van der Waals surface area contributed by atoms with E-state index in [-0.39, 0.29) is 18.9 Å². The fourth-order valence-electron chi connectivity index (χ4n) is 2.63. The van der Waals surface area contributed by atoms with Gasteiger partial charge < -0.3 is 5.32 Å². The summed E-state index contributed by atoms with van der Waals surface area (Å²) >= 11 is 7.68. The lowest BCUT2D eigenvalue weighted by Crippen LogP contribution is -2.32. The Hall–Kier alpha value is -1.70. The summed E-state index contributed by atoms with van der Waals surface area (Å²) < 4.78 is 25.3. The number of thioether (sulfide) groups is 1. The molecule has 0 atom stereocenters. The zero-order valence-electron chi connectivity index (χ0n) is 15.8. The molecule has 0 fully saturated rings. The van der Waals surface area contributed by atoms with Crippen LogP contribution in [-0.2, 0) is 20.6 Å². The van der Waals surface area contributed by atoms with Gasteiger partial charge in [-0.05, 0) is 36.2 Å².